The lowest BCUT2D eigenvalue weighted by Gasteiger charge is -2.13. The van der Waals surface area contributed by atoms with Gasteiger partial charge in [-0.05, 0) is 30.2 Å². The van der Waals surface area contributed by atoms with Gasteiger partial charge in [-0.3, -0.25) is 9.78 Å². The number of aromatic nitrogens is 1. The number of benzene rings is 1. The minimum absolute atomic E-state index is 0.00880. The van der Waals surface area contributed by atoms with Crippen LogP contribution >= 0.6 is 0 Å². The highest BCUT2D eigenvalue weighted by molar-refractivity contribution is 5.98. The minimum Gasteiger partial charge on any atom is -0.373 e. The standard InChI is InChI=1S/C15H15N3O/c1-10-9-16-7-6-12(10)18-15(19)14-8-11-4-2-3-5-13(11)17-14/h2-7,9,14,17H,8H2,1H3,(H,16,18,19)/t14-/m0/s1. The van der Waals surface area contributed by atoms with Crippen molar-refractivity contribution in [3.63, 3.8) is 0 Å². The first-order valence-electron chi connectivity index (χ1n) is 6.30. The first-order valence-corrected chi connectivity index (χ1v) is 6.30. The Bertz CT molecular complexity index is 599. The van der Waals surface area contributed by atoms with E-state index in [1.54, 1.807) is 12.4 Å². The van der Waals surface area contributed by atoms with Gasteiger partial charge in [0.05, 0.1) is 0 Å². The molecule has 96 valence electrons. The lowest BCUT2D eigenvalue weighted by molar-refractivity contribution is -0.116. The molecule has 1 aromatic carbocycles. The number of aryl methyl sites for hydroxylation is 1. The molecule has 0 spiro atoms. The Labute approximate surface area is 111 Å². The molecule has 0 aliphatic carbocycles. The van der Waals surface area contributed by atoms with Crippen LogP contribution in [0.5, 0.6) is 0 Å². The van der Waals surface area contributed by atoms with Crippen molar-refractivity contribution in [1.82, 2.24) is 4.98 Å². The van der Waals surface area contributed by atoms with Crippen molar-refractivity contribution in [1.29, 1.82) is 0 Å². The van der Waals surface area contributed by atoms with Crippen molar-refractivity contribution < 1.29 is 4.79 Å². The van der Waals surface area contributed by atoms with Crippen molar-refractivity contribution in [3.8, 4) is 0 Å². The van der Waals surface area contributed by atoms with Crippen molar-refractivity contribution in [2.24, 2.45) is 0 Å². The van der Waals surface area contributed by atoms with E-state index < -0.39 is 0 Å². The fourth-order valence-corrected chi connectivity index (χ4v) is 2.29. The van der Waals surface area contributed by atoms with E-state index in [2.05, 4.69) is 15.6 Å². The average Bonchev–Trinajstić information content (AvgIpc) is 2.85. The van der Waals surface area contributed by atoms with Crippen LogP contribution < -0.4 is 10.6 Å². The SMILES string of the molecule is Cc1cnccc1NC(=O)[C@@H]1Cc2ccccc2N1. The summed E-state index contributed by atoms with van der Waals surface area (Å²) in [5.74, 6) is -0.00880. The fraction of sp³-hybridized carbons (Fsp3) is 0.200. The van der Waals surface area contributed by atoms with Crippen molar-refractivity contribution >= 4 is 17.3 Å². The highest BCUT2D eigenvalue weighted by atomic mass is 16.2. The summed E-state index contributed by atoms with van der Waals surface area (Å²) in [5, 5.41) is 6.19. The van der Waals surface area contributed by atoms with Crippen LogP contribution in [0.15, 0.2) is 42.7 Å². The Kier molecular flexibility index (Phi) is 2.91. The number of carbonyl (C=O) groups is 1. The minimum atomic E-state index is -0.204. The maximum atomic E-state index is 12.2. The summed E-state index contributed by atoms with van der Waals surface area (Å²) in [5.41, 5.74) is 4.02. The first kappa shape index (κ1) is 11.7. The summed E-state index contributed by atoms with van der Waals surface area (Å²) >= 11 is 0. The quantitative estimate of drug-likeness (QED) is 0.864. The molecule has 19 heavy (non-hydrogen) atoms. The highest BCUT2D eigenvalue weighted by Crippen LogP contribution is 2.26. The molecule has 2 N–H and O–H groups in total. The maximum absolute atomic E-state index is 12.2. The van der Waals surface area contributed by atoms with Gasteiger partial charge in [0.1, 0.15) is 6.04 Å². The van der Waals surface area contributed by atoms with Crippen LogP contribution in [0.2, 0.25) is 0 Å². The zero-order valence-corrected chi connectivity index (χ0v) is 10.7. The molecule has 4 nitrogen and oxygen atoms in total. The van der Waals surface area contributed by atoms with E-state index in [1.165, 1.54) is 5.56 Å². The molecule has 0 saturated carbocycles. The lowest BCUT2D eigenvalue weighted by atomic mass is 10.1. The van der Waals surface area contributed by atoms with E-state index in [4.69, 9.17) is 0 Å². The number of carbonyl (C=O) groups excluding carboxylic acids is 1. The van der Waals surface area contributed by atoms with Crippen LogP contribution in [0.3, 0.4) is 0 Å². The van der Waals surface area contributed by atoms with Crippen molar-refractivity contribution in [2.75, 3.05) is 10.6 Å². The second-order valence-electron chi connectivity index (χ2n) is 4.74. The zero-order valence-electron chi connectivity index (χ0n) is 10.7. The summed E-state index contributed by atoms with van der Waals surface area (Å²) < 4.78 is 0. The summed E-state index contributed by atoms with van der Waals surface area (Å²) in [6.45, 7) is 1.93. The topological polar surface area (TPSA) is 54.0 Å². The number of anilines is 2. The normalized spacial score (nSPS) is 16.6. The number of amides is 1. The van der Waals surface area contributed by atoms with Gasteiger partial charge in [-0.15, -0.1) is 0 Å². The summed E-state index contributed by atoms with van der Waals surface area (Å²) in [6, 6.07) is 9.63. The molecule has 1 aliphatic rings. The molecule has 0 unspecified atom stereocenters. The van der Waals surface area contributed by atoms with Gasteiger partial charge < -0.3 is 10.6 Å². The first-order chi connectivity index (χ1) is 9.24. The van der Waals surface area contributed by atoms with E-state index in [0.717, 1.165) is 23.4 Å². The van der Waals surface area contributed by atoms with Gasteiger partial charge in [-0.2, -0.15) is 0 Å². The van der Waals surface area contributed by atoms with Crippen LogP contribution in [0.4, 0.5) is 11.4 Å². The fourth-order valence-electron chi connectivity index (χ4n) is 2.29. The van der Waals surface area contributed by atoms with Crippen molar-refractivity contribution in [2.45, 2.75) is 19.4 Å². The molecule has 2 heterocycles. The summed E-state index contributed by atoms with van der Waals surface area (Å²) in [7, 11) is 0. The number of rotatable bonds is 2. The number of para-hydroxylation sites is 1. The molecule has 0 fully saturated rings. The lowest BCUT2D eigenvalue weighted by Crippen LogP contribution is -2.33. The highest BCUT2D eigenvalue weighted by Gasteiger charge is 2.26. The third-order valence-corrected chi connectivity index (χ3v) is 3.37. The molecule has 0 saturated heterocycles. The molecule has 1 amide bonds. The Morgan fingerprint density at radius 1 is 1.37 bits per heavy atom. The molecule has 4 heteroatoms. The molecular formula is C15H15N3O. The Hall–Kier alpha value is -2.36. The maximum Gasteiger partial charge on any atom is 0.247 e. The Balaban J connectivity index is 1.72. The second kappa shape index (κ2) is 4.72. The van der Waals surface area contributed by atoms with Gasteiger partial charge in [-0.25, -0.2) is 0 Å². The molecule has 1 aliphatic heterocycles. The third kappa shape index (κ3) is 2.29. The van der Waals surface area contributed by atoms with Gasteiger partial charge in [-0.1, -0.05) is 18.2 Å². The van der Waals surface area contributed by atoms with Gasteiger partial charge in [0.25, 0.3) is 0 Å². The predicted molar refractivity (Wildman–Crippen MR) is 75.2 cm³/mol. The summed E-state index contributed by atoms with van der Waals surface area (Å²) in [6.07, 6.45) is 4.15. The zero-order chi connectivity index (χ0) is 13.2. The Morgan fingerprint density at radius 3 is 3.00 bits per heavy atom. The van der Waals surface area contributed by atoms with Crippen LogP contribution in [0.25, 0.3) is 0 Å². The number of hydrogen-bond acceptors (Lipinski definition) is 3. The number of fused-ring (bicyclic) bond motifs is 1. The van der Waals surface area contributed by atoms with Crippen LogP contribution in [-0.4, -0.2) is 16.9 Å². The number of pyridine rings is 1. The molecular weight excluding hydrogens is 238 g/mol. The van der Waals surface area contributed by atoms with E-state index >= 15 is 0 Å². The van der Waals surface area contributed by atoms with Gasteiger partial charge in [0, 0.05) is 30.2 Å². The van der Waals surface area contributed by atoms with E-state index in [0.29, 0.717) is 0 Å². The molecule has 0 radical (unpaired) electrons. The van der Waals surface area contributed by atoms with E-state index in [9.17, 15) is 4.79 Å². The number of hydrogen-bond donors (Lipinski definition) is 2. The number of nitrogens with one attached hydrogen (secondary N) is 2. The monoisotopic (exact) mass is 253 g/mol. The molecule has 3 rings (SSSR count). The van der Waals surface area contributed by atoms with Gasteiger partial charge in [0.15, 0.2) is 0 Å². The van der Waals surface area contributed by atoms with Gasteiger partial charge >= 0.3 is 0 Å². The molecule has 0 bridgehead atoms. The predicted octanol–water partition coefficient (Wildman–Crippen LogP) is 2.37. The Morgan fingerprint density at radius 2 is 2.21 bits per heavy atom. The van der Waals surface area contributed by atoms with Crippen LogP contribution in [0.1, 0.15) is 11.1 Å². The smallest absolute Gasteiger partial charge is 0.247 e. The largest absolute Gasteiger partial charge is 0.373 e. The number of nitrogens with zero attached hydrogens (tertiary/aromatic N) is 1. The second-order valence-corrected chi connectivity index (χ2v) is 4.74. The van der Waals surface area contributed by atoms with Crippen molar-refractivity contribution in [3.05, 3.63) is 53.9 Å². The summed E-state index contributed by atoms with van der Waals surface area (Å²) in [4.78, 5) is 16.3. The van der Waals surface area contributed by atoms with Crippen LogP contribution in [-0.2, 0) is 11.2 Å². The van der Waals surface area contributed by atoms with Gasteiger partial charge in [0.2, 0.25) is 5.91 Å². The average molecular weight is 253 g/mol. The van der Waals surface area contributed by atoms with E-state index in [1.807, 2.05) is 37.3 Å². The molecule has 2 aromatic rings. The van der Waals surface area contributed by atoms with E-state index in [-0.39, 0.29) is 11.9 Å². The van der Waals surface area contributed by atoms with Crippen LogP contribution in [0, 0.1) is 6.92 Å². The third-order valence-electron chi connectivity index (χ3n) is 3.37. The molecule has 1 atom stereocenters. The molecule has 1 aromatic heterocycles.